The van der Waals surface area contributed by atoms with Gasteiger partial charge in [-0.1, -0.05) is 62.7 Å². The third-order valence-corrected chi connectivity index (χ3v) is 7.44. The maximum atomic E-state index is 13.1. The van der Waals surface area contributed by atoms with Gasteiger partial charge in [0.15, 0.2) is 5.82 Å². The molecule has 43 heavy (non-hydrogen) atoms. The van der Waals surface area contributed by atoms with Crippen LogP contribution in [0.2, 0.25) is 5.02 Å². The highest BCUT2D eigenvalue weighted by molar-refractivity contribution is 7.92. The van der Waals surface area contributed by atoms with Gasteiger partial charge in [0.05, 0.1) is 23.6 Å². The monoisotopic (exact) mass is 628 g/mol. The Balaban J connectivity index is 0.000000480. The predicted octanol–water partition coefficient (Wildman–Crippen LogP) is 5.19. The summed E-state index contributed by atoms with van der Waals surface area (Å²) in [7, 11) is -2.55. The third kappa shape index (κ3) is 9.30. The average Bonchev–Trinajstić information content (AvgIpc) is 2.98. The topological polar surface area (TPSA) is 163 Å². The molecular weight excluding hydrogens is 596 g/mol. The summed E-state index contributed by atoms with van der Waals surface area (Å²) in [6.07, 6.45) is 1.12. The number of halogens is 1. The summed E-state index contributed by atoms with van der Waals surface area (Å²) in [6.45, 7) is 5.73. The van der Waals surface area contributed by atoms with E-state index in [1.165, 1.54) is 25.3 Å². The number of aliphatic hydroxyl groups excluding tert-OH is 1. The van der Waals surface area contributed by atoms with Crippen LogP contribution in [0.4, 0.5) is 5.82 Å². The molecule has 4 aromatic rings. The van der Waals surface area contributed by atoms with Gasteiger partial charge in [-0.15, -0.1) is 0 Å². The number of carbonyl (C=O) groups excluding carboxylic acids is 1. The molecule has 0 unspecified atom stereocenters. The van der Waals surface area contributed by atoms with Gasteiger partial charge in [0.25, 0.3) is 15.9 Å². The number of hydrogen-bond acceptors (Lipinski definition) is 9. The lowest BCUT2D eigenvalue weighted by Gasteiger charge is -2.19. The van der Waals surface area contributed by atoms with E-state index >= 15 is 0 Å². The van der Waals surface area contributed by atoms with Crippen LogP contribution in [0.1, 0.15) is 36.7 Å². The molecule has 0 atom stereocenters. The van der Waals surface area contributed by atoms with Gasteiger partial charge in [-0.05, 0) is 47.4 Å². The van der Waals surface area contributed by atoms with E-state index in [-0.39, 0.29) is 57.7 Å². The number of primary amides is 1. The highest BCUT2D eigenvalue weighted by atomic mass is 35.5. The summed E-state index contributed by atoms with van der Waals surface area (Å²) < 4.78 is 45.2. The molecule has 228 valence electrons. The zero-order chi connectivity index (χ0) is 31.6. The maximum absolute atomic E-state index is 13.1. The number of nitrogens with zero attached hydrogens (tertiary/aromatic N) is 2. The van der Waals surface area contributed by atoms with Crippen LogP contribution in [0.15, 0.2) is 84.0 Å². The highest BCUT2D eigenvalue weighted by Gasteiger charge is 2.24. The Morgan fingerprint density at radius 2 is 1.70 bits per heavy atom. The number of amides is 1. The molecule has 0 radical (unpaired) electrons. The van der Waals surface area contributed by atoms with Crippen molar-refractivity contribution in [3.8, 4) is 23.1 Å². The number of ether oxygens (including phenoxy) is 3. The second-order valence-electron chi connectivity index (χ2n) is 9.94. The van der Waals surface area contributed by atoms with E-state index in [9.17, 15) is 13.2 Å². The van der Waals surface area contributed by atoms with E-state index in [4.69, 9.17) is 36.7 Å². The lowest BCUT2D eigenvalue weighted by atomic mass is 9.87. The number of carbonyl (C=O) groups is 1. The van der Waals surface area contributed by atoms with Crippen molar-refractivity contribution in [1.82, 2.24) is 9.97 Å². The molecule has 0 fully saturated rings. The number of anilines is 1. The second-order valence-corrected chi connectivity index (χ2v) is 12.0. The molecule has 3 aromatic carbocycles. The summed E-state index contributed by atoms with van der Waals surface area (Å²) in [4.78, 5) is 18.5. The minimum atomic E-state index is -4.03. The van der Waals surface area contributed by atoms with Gasteiger partial charge in [0.1, 0.15) is 24.4 Å². The number of sulfonamides is 1. The Morgan fingerprint density at radius 3 is 2.26 bits per heavy atom. The standard InChI is InChI=1S/C23H26ClN3O6S.C7H7NO/c1-23(2,3)15-5-8-17(9-6-15)34(29,30)27-21-20(22(26-14-25-21)32-12-11-28)33-19-13-16(31-4)7-10-18(19)24;8-7(9)6-4-2-1-3-5-6/h5-10,13-14,28H,11-12H2,1-4H3,(H,25,26,27);1-5H,(H2,8,9). The van der Waals surface area contributed by atoms with E-state index in [1.54, 1.807) is 48.5 Å². The fraction of sp³-hybridized carbons (Fsp3) is 0.233. The number of aromatic nitrogens is 2. The van der Waals surface area contributed by atoms with Crippen LogP contribution >= 0.6 is 11.6 Å². The lowest BCUT2D eigenvalue weighted by molar-refractivity contribution is 0.1000. The summed E-state index contributed by atoms with van der Waals surface area (Å²) in [5.41, 5.74) is 6.39. The van der Waals surface area contributed by atoms with Gasteiger partial charge in [-0.3, -0.25) is 9.52 Å². The molecule has 1 amide bonds. The van der Waals surface area contributed by atoms with Crippen LogP contribution in [0.25, 0.3) is 0 Å². The van der Waals surface area contributed by atoms with Crippen LogP contribution in [-0.2, 0) is 15.4 Å². The zero-order valence-corrected chi connectivity index (χ0v) is 25.6. The third-order valence-electron chi connectivity index (χ3n) is 5.77. The molecule has 0 aliphatic rings. The first-order chi connectivity index (χ1) is 20.4. The molecular formula is C30H33ClN4O7S. The molecule has 0 bridgehead atoms. The van der Waals surface area contributed by atoms with Crippen molar-refractivity contribution in [3.63, 3.8) is 0 Å². The number of nitrogens with two attached hydrogens (primary N) is 1. The molecule has 0 spiro atoms. The maximum Gasteiger partial charge on any atom is 0.263 e. The molecule has 4 N–H and O–H groups in total. The number of rotatable bonds is 10. The summed E-state index contributed by atoms with van der Waals surface area (Å²) in [5, 5.41) is 9.39. The average molecular weight is 629 g/mol. The van der Waals surface area contributed by atoms with Crippen LogP contribution in [0.5, 0.6) is 23.1 Å². The Kier molecular flexibility index (Phi) is 11.3. The number of benzene rings is 3. The summed E-state index contributed by atoms with van der Waals surface area (Å²) in [6, 6.07) is 20.1. The van der Waals surface area contributed by atoms with Crippen LogP contribution in [0.3, 0.4) is 0 Å². The van der Waals surface area contributed by atoms with E-state index in [2.05, 4.69) is 14.7 Å². The van der Waals surface area contributed by atoms with E-state index < -0.39 is 10.0 Å². The first kappa shape index (κ1) is 33.1. The fourth-order valence-corrected chi connectivity index (χ4v) is 4.66. The fourth-order valence-electron chi connectivity index (χ4n) is 3.49. The van der Waals surface area contributed by atoms with Crippen molar-refractivity contribution in [3.05, 3.63) is 95.3 Å². The Labute approximate surface area is 255 Å². The first-order valence-corrected chi connectivity index (χ1v) is 14.8. The van der Waals surface area contributed by atoms with Crippen LogP contribution in [0, 0.1) is 0 Å². The van der Waals surface area contributed by atoms with Gasteiger partial charge in [0.2, 0.25) is 11.7 Å². The number of methoxy groups -OCH3 is 1. The predicted molar refractivity (Wildman–Crippen MR) is 164 cm³/mol. The second kappa shape index (κ2) is 14.7. The van der Waals surface area contributed by atoms with E-state index in [1.807, 2.05) is 26.8 Å². The SMILES string of the molecule is COc1ccc(Cl)c(Oc2c(NS(=O)(=O)c3ccc(C(C)(C)C)cc3)ncnc2OCCO)c1.NC(=O)c1ccccc1. The molecule has 0 aliphatic carbocycles. The quantitative estimate of drug-likeness (QED) is 0.214. The van der Waals surface area contributed by atoms with Gasteiger partial charge < -0.3 is 25.1 Å². The van der Waals surface area contributed by atoms with Crippen molar-refractivity contribution in [2.45, 2.75) is 31.1 Å². The molecule has 1 heterocycles. The lowest BCUT2D eigenvalue weighted by Crippen LogP contribution is -2.16. The van der Waals surface area contributed by atoms with Gasteiger partial charge >= 0.3 is 0 Å². The smallest absolute Gasteiger partial charge is 0.263 e. The van der Waals surface area contributed by atoms with Crippen molar-refractivity contribution in [2.75, 3.05) is 25.0 Å². The minimum Gasteiger partial charge on any atom is -0.497 e. The molecule has 0 aliphatic heterocycles. The van der Waals surface area contributed by atoms with Crippen LogP contribution in [-0.4, -0.2) is 49.7 Å². The Bertz CT molecular complexity index is 1630. The highest BCUT2D eigenvalue weighted by Crippen LogP contribution is 2.40. The van der Waals surface area contributed by atoms with Crippen molar-refractivity contribution in [1.29, 1.82) is 0 Å². The molecule has 13 heteroatoms. The number of aliphatic hydroxyl groups is 1. The van der Waals surface area contributed by atoms with Gasteiger partial charge in [-0.25, -0.2) is 13.4 Å². The molecule has 4 rings (SSSR count). The first-order valence-electron chi connectivity index (χ1n) is 12.9. The van der Waals surface area contributed by atoms with Gasteiger partial charge in [0, 0.05) is 11.6 Å². The van der Waals surface area contributed by atoms with Crippen molar-refractivity contribution >= 4 is 33.3 Å². The number of nitrogens with one attached hydrogen (secondary N) is 1. The minimum absolute atomic E-state index is 0.0438. The Morgan fingerprint density at radius 1 is 1.02 bits per heavy atom. The molecule has 0 saturated carbocycles. The summed E-state index contributed by atoms with van der Waals surface area (Å²) >= 11 is 6.25. The Hall–Kier alpha value is -4.39. The number of hydrogen-bond donors (Lipinski definition) is 3. The van der Waals surface area contributed by atoms with Crippen molar-refractivity contribution < 1.29 is 32.5 Å². The zero-order valence-electron chi connectivity index (χ0n) is 24.1. The normalized spacial score (nSPS) is 11.1. The van der Waals surface area contributed by atoms with Crippen LogP contribution < -0.4 is 24.7 Å². The summed E-state index contributed by atoms with van der Waals surface area (Å²) in [5.74, 6) is -0.114. The molecule has 11 nitrogen and oxygen atoms in total. The largest absolute Gasteiger partial charge is 0.497 e. The van der Waals surface area contributed by atoms with Crippen molar-refractivity contribution in [2.24, 2.45) is 5.73 Å². The van der Waals surface area contributed by atoms with E-state index in [0.717, 1.165) is 11.9 Å². The van der Waals surface area contributed by atoms with Gasteiger partial charge in [-0.2, -0.15) is 4.98 Å². The molecule has 0 saturated heterocycles. The molecule has 1 aromatic heterocycles. The van der Waals surface area contributed by atoms with E-state index in [0.29, 0.717) is 11.3 Å².